The van der Waals surface area contributed by atoms with Gasteiger partial charge in [-0.25, -0.2) is 0 Å². The third kappa shape index (κ3) is 18.5. The first-order valence-corrected chi connectivity index (χ1v) is 5.41. The average molecular weight is 211 g/mol. The Morgan fingerprint density at radius 3 is 2.00 bits per heavy atom. The molecule has 0 bridgehead atoms. The smallest absolute Gasteiger partial charge is 0.264 e. The van der Waals surface area contributed by atoms with Crippen molar-refractivity contribution in [1.29, 1.82) is 0 Å². The summed E-state index contributed by atoms with van der Waals surface area (Å²) in [5.74, 6) is -0.124. The molecule has 0 heterocycles. The van der Waals surface area contributed by atoms with Crippen molar-refractivity contribution in [3.05, 3.63) is 0 Å². The molecule has 0 unspecified atom stereocenters. The van der Waals surface area contributed by atoms with E-state index in [-0.39, 0.29) is 5.75 Å². The predicted molar refractivity (Wildman–Crippen MR) is 51.3 cm³/mol. The van der Waals surface area contributed by atoms with Gasteiger partial charge in [-0.2, -0.15) is 8.42 Å². The van der Waals surface area contributed by atoms with Crippen molar-refractivity contribution in [2.24, 2.45) is 0 Å². The molecule has 0 spiro atoms. The van der Waals surface area contributed by atoms with Gasteiger partial charge in [0, 0.05) is 0 Å². The molecule has 0 aliphatic heterocycles. The highest BCUT2D eigenvalue weighted by Gasteiger charge is 2.02. The van der Waals surface area contributed by atoms with Crippen LogP contribution in [0.2, 0.25) is 0 Å². The first-order chi connectivity index (χ1) is 5.92. The molecule has 0 aliphatic rings. The summed E-state index contributed by atoms with van der Waals surface area (Å²) in [6.07, 6.45) is 1.32. The molecule has 0 saturated heterocycles. The van der Waals surface area contributed by atoms with Crippen LogP contribution in [0.3, 0.4) is 0 Å². The molecule has 0 fully saturated rings. The Kier molecular flexibility index (Phi) is 9.43. The molecule has 0 amide bonds. The van der Waals surface area contributed by atoms with Crippen LogP contribution in [-0.2, 0) is 14.9 Å². The minimum absolute atomic E-state index is 0.124. The van der Waals surface area contributed by atoms with Crippen molar-refractivity contribution in [3.63, 3.8) is 0 Å². The third-order valence-corrected chi connectivity index (χ3v) is 2.06. The Balaban J connectivity index is 0. The van der Waals surface area contributed by atoms with Crippen molar-refractivity contribution >= 4 is 16.9 Å². The summed E-state index contributed by atoms with van der Waals surface area (Å²) in [6.45, 7) is 2.86. The van der Waals surface area contributed by atoms with Gasteiger partial charge >= 0.3 is 0 Å². The highest BCUT2D eigenvalue weighted by Crippen LogP contribution is 1.94. The number of carbonyl (C=O) groups excluding carboxylic acids is 1. The molecule has 0 aliphatic carbocycles. The van der Waals surface area contributed by atoms with Crippen molar-refractivity contribution in [3.8, 4) is 0 Å². The standard InChI is InChI=1S/C6H15NO3S.CH2O/c1-7(2)5-3-4-6-11(8,9)10;1-2/h3-6H2,1-2H3,(H,8,9,10);1H2. The SMILES string of the molecule is C=O.CN(C)CCCCS(=O)(=O)O. The zero-order valence-corrected chi connectivity index (χ0v) is 8.88. The van der Waals surface area contributed by atoms with Gasteiger partial charge in [-0.05, 0) is 33.5 Å². The summed E-state index contributed by atoms with van der Waals surface area (Å²) >= 11 is 0. The Labute approximate surface area is 79.5 Å². The predicted octanol–water partition coefficient (Wildman–Crippen LogP) is 0.0311. The van der Waals surface area contributed by atoms with E-state index in [0.29, 0.717) is 6.42 Å². The van der Waals surface area contributed by atoms with Gasteiger partial charge in [-0.15, -0.1) is 0 Å². The maximum atomic E-state index is 10.2. The van der Waals surface area contributed by atoms with Gasteiger partial charge in [0.25, 0.3) is 10.1 Å². The van der Waals surface area contributed by atoms with Crippen LogP contribution in [-0.4, -0.2) is 51.1 Å². The van der Waals surface area contributed by atoms with E-state index in [0.717, 1.165) is 13.0 Å². The molecular weight excluding hydrogens is 194 g/mol. The average Bonchev–Trinajstić information content (AvgIpc) is 2.00. The number of hydrogen-bond acceptors (Lipinski definition) is 4. The fourth-order valence-corrected chi connectivity index (χ4v) is 1.28. The van der Waals surface area contributed by atoms with E-state index in [1.165, 1.54) is 0 Å². The van der Waals surface area contributed by atoms with Gasteiger partial charge in [0.15, 0.2) is 0 Å². The molecule has 0 aromatic heterocycles. The van der Waals surface area contributed by atoms with Gasteiger partial charge in [-0.1, -0.05) is 0 Å². The topological polar surface area (TPSA) is 74.7 Å². The molecule has 0 aromatic carbocycles. The lowest BCUT2D eigenvalue weighted by Crippen LogP contribution is -2.14. The van der Waals surface area contributed by atoms with Gasteiger partial charge in [0.05, 0.1) is 5.75 Å². The van der Waals surface area contributed by atoms with Crippen LogP contribution in [0.25, 0.3) is 0 Å². The molecule has 0 radical (unpaired) electrons. The third-order valence-electron chi connectivity index (χ3n) is 1.26. The van der Waals surface area contributed by atoms with E-state index in [2.05, 4.69) is 0 Å². The molecule has 0 atom stereocenters. The van der Waals surface area contributed by atoms with E-state index < -0.39 is 10.1 Å². The second-order valence-corrected chi connectivity index (χ2v) is 4.37. The highest BCUT2D eigenvalue weighted by atomic mass is 32.2. The van der Waals surface area contributed by atoms with E-state index in [1.807, 2.05) is 25.8 Å². The lowest BCUT2D eigenvalue weighted by atomic mass is 10.3. The first kappa shape index (κ1) is 15.0. The maximum absolute atomic E-state index is 10.2. The molecule has 0 saturated carbocycles. The Bertz CT molecular complexity index is 201. The molecule has 0 rings (SSSR count). The molecule has 5 nitrogen and oxygen atoms in total. The lowest BCUT2D eigenvalue weighted by Gasteiger charge is -2.07. The first-order valence-electron chi connectivity index (χ1n) is 3.80. The van der Waals surface area contributed by atoms with E-state index in [1.54, 1.807) is 0 Å². The van der Waals surface area contributed by atoms with Gasteiger partial charge in [0.2, 0.25) is 0 Å². The molecule has 6 heteroatoms. The minimum Gasteiger partial charge on any atom is -0.309 e. The molecule has 1 N–H and O–H groups in total. The van der Waals surface area contributed by atoms with Crippen LogP contribution in [0.5, 0.6) is 0 Å². The number of nitrogens with zero attached hydrogens (tertiary/aromatic N) is 1. The Morgan fingerprint density at radius 2 is 1.69 bits per heavy atom. The van der Waals surface area contributed by atoms with Crippen LogP contribution < -0.4 is 0 Å². The highest BCUT2D eigenvalue weighted by molar-refractivity contribution is 7.85. The van der Waals surface area contributed by atoms with E-state index in [9.17, 15) is 8.42 Å². The monoisotopic (exact) mass is 211 g/mol. The van der Waals surface area contributed by atoms with Crippen LogP contribution in [0.15, 0.2) is 0 Å². The maximum Gasteiger partial charge on any atom is 0.264 e. The largest absolute Gasteiger partial charge is 0.309 e. The van der Waals surface area contributed by atoms with Crippen molar-refractivity contribution in [1.82, 2.24) is 4.90 Å². The molecule has 13 heavy (non-hydrogen) atoms. The summed E-state index contributed by atoms with van der Waals surface area (Å²) in [7, 11) is 0.108. The Hall–Kier alpha value is -0.460. The normalized spacial score (nSPS) is 10.8. The minimum atomic E-state index is -3.74. The molecule has 0 aromatic rings. The second-order valence-electron chi connectivity index (χ2n) is 2.80. The fraction of sp³-hybridized carbons (Fsp3) is 0.857. The quantitative estimate of drug-likeness (QED) is 0.513. The van der Waals surface area contributed by atoms with E-state index >= 15 is 0 Å². The number of rotatable bonds is 5. The number of hydrogen-bond donors (Lipinski definition) is 1. The fourth-order valence-electron chi connectivity index (χ4n) is 0.712. The zero-order chi connectivity index (χ0) is 10.9. The van der Waals surface area contributed by atoms with Crippen LogP contribution in [0, 0.1) is 0 Å². The number of unbranched alkanes of at least 4 members (excludes halogenated alkanes) is 1. The summed E-state index contributed by atoms with van der Waals surface area (Å²) in [6, 6.07) is 0. The van der Waals surface area contributed by atoms with E-state index in [4.69, 9.17) is 9.35 Å². The van der Waals surface area contributed by atoms with Crippen LogP contribution >= 0.6 is 0 Å². The lowest BCUT2D eigenvalue weighted by molar-refractivity contribution is -0.0979. The summed E-state index contributed by atoms with van der Waals surface area (Å²) in [5.41, 5.74) is 0. The summed E-state index contributed by atoms with van der Waals surface area (Å²) < 4.78 is 28.8. The Morgan fingerprint density at radius 1 is 1.23 bits per heavy atom. The van der Waals surface area contributed by atoms with Crippen molar-refractivity contribution in [2.45, 2.75) is 12.8 Å². The van der Waals surface area contributed by atoms with Crippen LogP contribution in [0.4, 0.5) is 0 Å². The van der Waals surface area contributed by atoms with Crippen molar-refractivity contribution < 1.29 is 17.8 Å². The summed E-state index contributed by atoms with van der Waals surface area (Å²) in [5, 5.41) is 0. The van der Waals surface area contributed by atoms with Crippen LogP contribution in [0.1, 0.15) is 12.8 Å². The zero-order valence-electron chi connectivity index (χ0n) is 8.06. The second kappa shape index (κ2) is 8.15. The van der Waals surface area contributed by atoms with Gasteiger partial charge in [0.1, 0.15) is 6.79 Å². The van der Waals surface area contributed by atoms with Gasteiger partial charge < -0.3 is 9.69 Å². The molecular formula is C7H17NO4S. The van der Waals surface area contributed by atoms with Crippen molar-refractivity contribution in [2.75, 3.05) is 26.4 Å². The summed E-state index contributed by atoms with van der Waals surface area (Å²) in [4.78, 5) is 9.98. The molecule has 80 valence electrons. The van der Waals surface area contributed by atoms with Gasteiger partial charge in [-0.3, -0.25) is 4.55 Å². The number of carbonyl (C=O) groups is 1.